The molecular weight excluding hydrogens is 352 g/mol. The van der Waals surface area contributed by atoms with Crippen molar-refractivity contribution in [1.29, 1.82) is 0 Å². The lowest BCUT2D eigenvalue weighted by Gasteiger charge is -2.35. The monoisotopic (exact) mass is 374 g/mol. The molecule has 6 heteroatoms. The second-order valence-corrected chi connectivity index (χ2v) is 7.20. The topological polar surface area (TPSA) is 53.8 Å². The van der Waals surface area contributed by atoms with Gasteiger partial charge < -0.3 is 14.2 Å². The summed E-state index contributed by atoms with van der Waals surface area (Å²) >= 11 is 6.14. The average molecular weight is 375 g/mol. The number of carbonyl (C=O) groups excluding carboxylic acids is 2. The summed E-state index contributed by atoms with van der Waals surface area (Å²) in [4.78, 5) is 28.8. The molecule has 0 unspecified atom stereocenters. The van der Waals surface area contributed by atoms with Crippen LogP contribution in [0.3, 0.4) is 0 Å². The fourth-order valence-corrected chi connectivity index (χ4v) is 3.39. The summed E-state index contributed by atoms with van der Waals surface area (Å²) in [5.41, 5.74) is 1.45. The predicted molar refractivity (Wildman–Crippen MR) is 100 cm³/mol. The molecule has 138 valence electrons. The molecule has 0 saturated carbocycles. The maximum atomic E-state index is 12.7. The molecule has 0 aliphatic carbocycles. The Balaban J connectivity index is 1.58. The predicted octanol–water partition coefficient (Wildman–Crippen LogP) is 3.58. The number of nitrogens with zero attached hydrogens (tertiary/aromatic N) is 2. The van der Waals surface area contributed by atoms with Crippen molar-refractivity contribution in [2.24, 2.45) is 0 Å². The van der Waals surface area contributed by atoms with E-state index in [1.54, 1.807) is 28.2 Å². The third kappa shape index (κ3) is 3.93. The van der Waals surface area contributed by atoms with Crippen molar-refractivity contribution in [2.45, 2.75) is 26.2 Å². The van der Waals surface area contributed by atoms with E-state index in [0.717, 1.165) is 5.56 Å². The Kier molecular flexibility index (Phi) is 5.67. The Bertz CT molecular complexity index is 792. The first kappa shape index (κ1) is 18.5. The smallest absolute Gasteiger partial charge is 0.257 e. The highest BCUT2D eigenvalue weighted by Crippen LogP contribution is 2.23. The summed E-state index contributed by atoms with van der Waals surface area (Å²) in [6.45, 7) is 6.11. The summed E-state index contributed by atoms with van der Waals surface area (Å²) in [7, 11) is 0. The molecule has 0 radical (unpaired) electrons. The Morgan fingerprint density at radius 3 is 2.38 bits per heavy atom. The van der Waals surface area contributed by atoms with E-state index in [-0.39, 0.29) is 24.2 Å². The Morgan fingerprint density at radius 2 is 1.73 bits per heavy atom. The second-order valence-electron chi connectivity index (χ2n) is 6.79. The average Bonchev–Trinajstić information content (AvgIpc) is 3.13. The van der Waals surface area contributed by atoms with Crippen LogP contribution in [0.2, 0.25) is 5.02 Å². The molecule has 3 rings (SSSR count). The standard InChI is InChI=1S/C20H23ClN2O3/c1-14(2)19-16(7-12-26-19)20(25)23-10-8-22(9-11-23)18(24)13-15-5-3-4-6-17(15)21/h3-7,12,14H,8-11,13H2,1-2H3. The van der Waals surface area contributed by atoms with Gasteiger partial charge in [-0.05, 0) is 17.7 Å². The first-order valence-corrected chi connectivity index (χ1v) is 9.23. The van der Waals surface area contributed by atoms with E-state index in [4.69, 9.17) is 16.0 Å². The summed E-state index contributed by atoms with van der Waals surface area (Å²) in [6.07, 6.45) is 1.85. The van der Waals surface area contributed by atoms with Gasteiger partial charge in [0.05, 0.1) is 18.2 Å². The highest BCUT2D eigenvalue weighted by atomic mass is 35.5. The van der Waals surface area contributed by atoms with E-state index in [2.05, 4.69) is 0 Å². The van der Waals surface area contributed by atoms with E-state index < -0.39 is 0 Å². The zero-order valence-corrected chi connectivity index (χ0v) is 15.8. The van der Waals surface area contributed by atoms with Crippen molar-refractivity contribution in [2.75, 3.05) is 26.2 Å². The van der Waals surface area contributed by atoms with Gasteiger partial charge in [0, 0.05) is 37.1 Å². The Hall–Kier alpha value is -2.27. The van der Waals surface area contributed by atoms with Crippen LogP contribution in [0, 0.1) is 0 Å². The molecular formula is C20H23ClN2O3. The molecule has 2 amide bonds. The number of carbonyl (C=O) groups is 2. The second kappa shape index (κ2) is 7.96. The Morgan fingerprint density at radius 1 is 1.08 bits per heavy atom. The van der Waals surface area contributed by atoms with Gasteiger partial charge in [0.25, 0.3) is 5.91 Å². The maximum absolute atomic E-state index is 12.7. The van der Waals surface area contributed by atoms with E-state index in [1.165, 1.54) is 0 Å². The van der Waals surface area contributed by atoms with E-state index in [1.807, 2.05) is 32.0 Å². The van der Waals surface area contributed by atoms with Gasteiger partial charge in [0.1, 0.15) is 5.76 Å². The minimum absolute atomic E-state index is 0.0272. The molecule has 5 nitrogen and oxygen atoms in total. The van der Waals surface area contributed by atoms with Gasteiger partial charge in [-0.3, -0.25) is 9.59 Å². The number of halogens is 1. The van der Waals surface area contributed by atoms with Crippen LogP contribution in [0.15, 0.2) is 41.0 Å². The summed E-state index contributed by atoms with van der Waals surface area (Å²) in [6, 6.07) is 9.11. The quantitative estimate of drug-likeness (QED) is 0.821. The van der Waals surface area contributed by atoms with Gasteiger partial charge in [0.2, 0.25) is 5.91 Å². The molecule has 1 aliphatic heterocycles. The van der Waals surface area contributed by atoms with Crippen LogP contribution in [-0.2, 0) is 11.2 Å². The first-order valence-electron chi connectivity index (χ1n) is 8.85. The van der Waals surface area contributed by atoms with Gasteiger partial charge in [-0.2, -0.15) is 0 Å². The van der Waals surface area contributed by atoms with Gasteiger partial charge in [-0.1, -0.05) is 43.6 Å². The van der Waals surface area contributed by atoms with Crippen molar-refractivity contribution in [3.63, 3.8) is 0 Å². The lowest BCUT2D eigenvalue weighted by Crippen LogP contribution is -2.51. The molecule has 1 fully saturated rings. The molecule has 0 N–H and O–H groups in total. The fraction of sp³-hybridized carbons (Fsp3) is 0.400. The van der Waals surface area contributed by atoms with Crippen molar-refractivity contribution in [3.05, 3.63) is 58.5 Å². The molecule has 0 atom stereocenters. The molecule has 1 aliphatic rings. The third-order valence-corrected chi connectivity index (χ3v) is 5.04. The molecule has 0 bridgehead atoms. The summed E-state index contributed by atoms with van der Waals surface area (Å²) < 4.78 is 5.45. The van der Waals surface area contributed by atoms with Gasteiger partial charge >= 0.3 is 0 Å². The van der Waals surface area contributed by atoms with E-state index in [9.17, 15) is 9.59 Å². The molecule has 2 aromatic rings. The van der Waals surface area contributed by atoms with Crippen LogP contribution in [0.1, 0.15) is 41.4 Å². The molecule has 0 spiro atoms. The van der Waals surface area contributed by atoms with Crippen LogP contribution < -0.4 is 0 Å². The highest BCUT2D eigenvalue weighted by molar-refractivity contribution is 6.31. The number of hydrogen-bond donors (Lipinski definition) is 0. The first-order chi connectivity index (χ1) is 12.5. The van der Waals surface area contributed by atoms with E-state index >= 15 is 0 Å². The number of hydrogen-bond acceptors (Lipinski definition) is 3. The number of amides is 2. The zero-order chi connectivity index (χ0) is 18.7. The number of rotatable bonds is 4. The molecule has 1 aromatic heterocycles. The Labute approximate surface area is 158 Å². The van der Waals surface area contributed by atoms with Gasteiger partial charge in [0.15, 0.2) is 0 Å². The van der Waals surface area contributed by atoms with Crippen molar-refractivity contribution in [1.82, 2.24) is 9.80 Å². The minimum atomic E-state index is -0.0272. The van der Waals surface area contributed by atoms with Crippen LogP contribution in [-0.4, -0.2) is 47.8 Å². The lowest BCUT2D eigenvalue weighted by molar-refractivity contribution is -0.131. The van der Waals surface area contributed by atoms with Gasteiger partial charge in [-0.25, -0.2) is 0 Å². The largest absolute Gasteiger partial charge is 0.468 e. The zero-order valence-electron chi connectivity index (χ0n) is 15.1. The van der Waals surface area contributed by atoms with Crippen molar-refractivity contribution in [3.8, 4) is 0 Å². The van der Waals surface area contributed by atoms with Crippen LogP contribution in [0.25, 0.3) is 0 Å². The number of piperazine rings is 1. The van der Waals surface area contributed by atoms with Crippen molar-refractivity contribution >= 4 is 23.4 Å². The molecule has 1 aromatic carbocycles. The minimum Gasteiger partial charge on any atom is -0.468 e. The van der Waals surface area contributed by atoms with Crippen LogP contribution in [0.4, 0.5) is 0 Å². The normalized spacial score (nSPS) is 14.8. The van der Waals surface area contributed by atoms with Crippen LogP contribution in [0.5, 0.6) is 0 Å². The van der Waals surface area contributed by atoms with E-state index in [0.29, 0.717) is 42.5 Å². The lowest BCUT2D eigenvalue weighted by atomic mass is 10.1. The molecule has 1 saturated heterocycles. The maximum Gasteiger partial charge on any atom is 0.257 e. The van der Waals surface area contributed by atoms with Crippen LogP contribution >= 0.6 is 11.6 Å². The fourth-order valence-electron chi connectivity index (χ4n) is 3.19. The SMILES string of the molecule is CC(C)c1occc1C(=O)N1CCN(C(=O)Cc2ccccc2Cl)CC1. The summed E-state index contributed by atoms with van der Waals surface area (Å²) in [5.74, 6) is 0.881. The number of benzene rings is 1. The summed E-state index contributed by atoms with van der Waals surface area (Å²) in [5, 5.41) is 0.607. The van der Waals surface area contributed by atoms with Gasteiger partial charge in [-0.15, -0.1) is 0 Å². The number of furan rings is 1. The van der Waals surface area contributed by atoms with Crippen molar-refractivity contribution < 1.29 is 14.0 Å². The molecule has 26 heavy (non-hydrogen) atoms. The molecule has 2 heterocycles. The third-order valence-electron chi connectivity index (χ3n) is 4.67. The highest BCUT2D eigenvalue weighted by Gasteiger charge is 2.27.